The van der Waals surface area contributed by atoms with Crippen molar-refractivity contribution in [1.82, 2.24) is 4.98 Å². The van der Waals surface area contributed by atoms with Crippen LogP contribution in [0.2, 0.25) is 0 Å². The van der Waals surface area contributed by atoms with Gasteiger partial charge in [-0.3, -0.25) is 4.79 Å². The highest BCUT2D eigenvalue weighted by atomic mass is 16.7. The fraction of sp³-hybridized carbons (Fsp3) is 0.182. The van der Waals surface area contributed by atoms with Crippen molar-refractivity contribution in [3.8, 4) is 17.2 Å². The number of ether oxygens (including phenoxy) is 3. The molecule has 0 unspecified atom stereocenters. The zero-order valence-electron chi connectivity index (χ0n) is 16.1. The van der Waals surface area contributed by atoms with E-state index >= 15 is 0 Å². The molecule has 2 N–H and O–H groups in total. The van der Waals surface area contributed by atoms with Crippen LogP contribution in [-0.4, -0.2) is 23.8 Å². The van der Waals surface area contributed by atoms with Crippen molar-refractivity contribution in [3.05, 3.63) is 66.5 Å². The molecule has 0 atom stereocenters. The van der Waals surface area contributed by atoms with E-state index in [-0.39, 0.29) is 18.8 Å². The van der Waals surface area contributed by atoms with Crippen LogP contribution in [0.1, 0.15) is 24.3 Å². The maximum absolute atomic E-state index is 12.4. The highest BCUT2D eigenvalue weighted by Gasteiger charge is 2.15. The summed E-state index contributed by atoms with van der Waals surface area (Å²) in [6, 6.07) is 16.4. The highest BCUT2D eigenvalue weighted by molar-refractivity contribution is 6.03. The van der Waals surface area contributed by atoms with Gasteiger partial charge in [0.15, 0.2) is 11.5 Å². The van der Waals surface area contributed by atoms with Gasteiger partial charge in [-0.15, -0.1) is 0 Å². The Morgan fingerprint density at radius 3 is 2.41 bits per heavy atom. The molecule has 0 radical (unpaired) electrons. The molecule has 0 saturated heterocycles. The first-order valence-corrected chi connectivity index (χ1v) is 9.27. The smallest absolute Gasteiger partial charge is 0.274 e. The third kappa shape index (κ3) is 4.57. The number of benzene rings is 2. The minimum absolute atomic E-state index is 0.134. The number of carbonyl (C=O) groups excluding carboxylic acids is 1. The lowest BCUT2D eigenvalue weighted by atomic mass is 10.2. The van der Waals surface area contributed by atoms with Crippen molar-refractivity contribution in [2.75, 3.05) is 17.4 Å². The Labute approximate surface area is 168 Å². The minimum Gasteiger partial charge on any atom is -0.491 e. The molecule has 7 nitrogen and oxygen atoms in total. The number of hydrogen-bond donors (Lipinski definition) is 2. The number of nitrogens with one attached hydrogen (secondary N) is 2. The summed E-state index contributed by atoms with van der Waals surface area (Å²) < 4.78 is 16.2. The van der Waals surface area contributed by atoms with E-state index < -0.39 is 0 Å². The molecule has 4 rings (SSSR count). The summed E-state index contributed by atoms with van der Waals surface area (Å²) in [6.45, 7) is 4.17. The second-order valence-corrected chi connectivity index (χ2v) is 6.77. The topological polar surface area (TPSA) is 81.7 Å². The number of carbonyl (C=O) groups is 1. The molecule has 1 aliphatic heterocycles. The third-order valence-corrected chi connectivity index (χ3v) is 4.14. The number of anilines is 3. The lowest BCUT2D eigenvalue weighted by Gasteiger charge is -2.11. The van der Waals surface area contributed by atoms with E-state index in [0.29, 0.717) is 22.9 Å². The quantitative estimate of drug-likeness (QED) is 0.639. The van der Waals surface area contributed by atoms with Gasteiger partial charge < -0.3 is 24.8 Å². The van der Waals surface area contributed by atoms with Crippen LogP contribution in [0.4, 0.5) is 17.1 Å². The van der Waals surface area contributed by atoms with Gasteiger partial charge in [-0.05, 0) is 62.4 Å². The van der Waals surface area contributed by atoms with Gasteiger partial charge in [0.2, 0.25) is 6.79 Å². The maximum atomic E-state index is 12.4. The third-order valence-electron chi connectivity index (χ3n) is 4.14. The second-order valence-electron chi connectivity index (χ2n) is 6.77. The van der Waals surface area contributed by atoms with E-state index in [9.17, 15) is 4.79 Å². The molecule has 7 heteroatoms. The Hall–Kier alpha value is -3.74. The Kier molecular flexibility index (Phi) is 5.20. The number of aromatic nitrogens is 1. The first-order chi connectivity index (χ1) is 14.1. The maximum Gasteiger partial charge on any atom is 0.274 e. The first kappa shape index (κ1) is 18.6. The SMILES string of the molecule is CC(C)Oc1ccc(Nc2ccc(C(=O)Nc3ccc4c(c3)OCO4)nc2)cc1. The van der Waals surface area contributed by atoms with E-state index in [1.807, 2.05) is 38.1 Å². The van der Waals surface area contributed by atoms with Gasteiger partial charge in [-0.2, -0.15) is 0 Å². The molecule has 1 aliphatic rings. The molecule has 1 amide bonds. The van der Waals surface area contributed by atoms with Gasteiger partial charge in [-0.25, -0.2) is 4.98 Å². The molecule has 0 aliphatic carbocycles. The van der Waals surface area contributed by atoms with Gasteiger partial charge in [0.05, 0.1) is 18.0 Å². The predicted molar refractivity (Wildman–Crippen MR) is 110 cm³/mol. The summed E-state index contributed by atoms with van der Waals surface area (Å²) in [6.07, 6.45) is 1.75. The normalized spacial score (nSPS) is 12.0. The summed E-state index contributed by atoms with van der Waals surface area (Å²) >= 11 is 0. The van der Waals surface area contributed by atoms with Crippen molar-refractivity contribution in [1.29, 1.82) is 0 Å². The average Bonchev–Trinajstić information content (AvgIpc) is 3.17. The number of rotatable bonds is 6. The molecule has 0 bridgehead atoms. The van der Waals surface area contributed by atoms with Gasteiger partial charge in [-0.1, -0.05) is 0 Å². The van der Waals surface area contributed by atoms with Crippen LogP contribution in [-0.2, 0) is 0 Å². The fourth-order valence-corrected chi connectivity index (χ4v) is 2.83. The zero-order valence-corrected chi connectivity index (χ0v) is 16.1. The predicted octanol–water partition coefficient (Wildman–Crippen LogP) is 4.59. The van der Waals surface area contributed by atoms with Crippen molar-refractivity contribution in [3.63, 3.8) is 0 Å². The van der Waals surface area contributed by atoms with Crippen LogP contribution in [0.25, 0.3) is 0 Å². The van der Waals surface area contributed by atoms with Crippen molar-refractivity contribution < 1.29 is 19.0 Å². The van der Waals surface area contributed by atoms with Crippen molar-refractivity contribution in [2.24, 2.45) is 0 Å². The van der Waals surface area contributed by atoms with E-state index in [1.54, 1.807) is 36.5 Å². The zero-order chi connectivity index (χ0) is 20.2. The number of nitrogens with zero attached hydrogens (tertiary/aromatic N) is 1. The summed E-state index contributed by atoms with van der Waals surface area (Å²) in [5.41, 5.74) is 2.61. The van der Waals surface area contributed by atoms with E-state index in [2.05, 4.69) is 15.6 Å². The molecule has 29 heavy (non-hydrogen) atoms. The highest BCUT2D eigenvalue weighted by Crippen LogP contribution is 2.34. The van der Waals surface area contributed by atoms with Crippen LogP contribution in [0.3, 0.4) is 0 Å². The average molecular weight is 391 g/mol. The van der Waals surface area contributed by atoms with E-state index in [4.69, 9.17) is 14.2 Å². The molecule has 1 aromatic heterocycles. The van der Waals surface area contributed by atoms with E-state index in [1.165, 1.54) is 0 Å². The Bertz CT molecular complexity index is 1000. The van der Waals surface area contributed by atoms with Gasteiger partial charge >= 0.3 is 0 Å². The van der Waals surface area contributed by atoms with Crippen LogP contribution < -0.4 is 24.8 Å². The minimum atomic E-state index is -0.300. The van der Waals surface area contributed by atoms with Gasteiger partial charge in [0, 0.05) is 17.4 Å². The van der Waals surface area contributed by atoms with Crippen LogP contribution >= 0.6 is 0 Å². The summed E-state index contributed by atoms with van der Waals surface area (Å²) in [5.74, 6) is 1.80. The standard InChI is InChI=1S/C22H21N3O4/c1-14(2)29-18-7-3-15(4-8-18)24-17-5-9-19(23-12-17)22(26)25-16-6-10-20-21(11-16)28-13-27-20/h3-12,14,24H,13H2,1-2H3,(H,25,26). The summed E-state index contributed by atoms with van der Waals surface area (Å²) in [4.78, 5) is 16.7. The second kappa shape index (κ2) is 8.10. The van der Waals surface area contributed by atoms with Crippen LogP contribution in [0, 0.1) is 0 Å². The molecule has 2 heterocycles. The fourth-order valence-electron chi connectivity index (χ4n) is 2.83. The van der Waals surface area contributed by atoms with Crippen molar-refractivity contribution in [2.45, 2.75) is 20.0 Å². The molecule has 0 saturated carbocycles. The Balaban J connectivity index is 1.37. The molecule has 0 spiro atoms. The largest absolute Gasteiger partial charge is 0.491 e. The molecule has 3 aromatic rings. The first-order valence-electron chi connectivity index (χ1n) is 9.27. The monoisotopic (exact) mass is 391 g/mol. The molecular formula is C22H21N3O4. The molecular weight excluding hydrogens is 370 g/mol. The van der Waals surface area contributed by atoms with Gasteiger partial charge in [0.1, 0.15) is 11.4 Å². The van der Waals surface area contributed by atoms with Crippen LogP contribution in [0.15, 0.2) is 60.8 Å². The number of hydrogen-bond acceptors (Lipinski definition) is 6. The molecule has 148 valence electrons. The summed E-state index contributed by atoms with van der Waals surface area (Å²) in [7, 11) is 0. The number of pyridine rings is 1. The van der Waals surface area contributed by atoms with Crippen LogP contribution in [0.5, 0.6) is 17.2 Å². The molecule has 0 fully saturated rings. The lowest BCUT2D eigenvalue weighted by Crippen LogP contribution is -2.13. The number of amides is 1. The van der Waals surface area contributed by atoms with Gasteiger partial charge in [0.25, 0.3) is 5.91 Å². The summed E-state index contributed by atoms with van der Waals surface area (Å²) in [5, 5.41) is 6.06. The Morgan fingerprint density at radius 2 is 1.69 bits per heavy atom. The Morgan fingerprint density at radius 1 is 0.966 bits per heavy atom. The number of fused-ring (bicyclic) bond motifs is 1. The molecule has 2 aromatic carbocycles. The van der Waals surface area contributed by atoms with Crippen molar-refractivity contribution >= 4 is 23.0 Å². The lowest BCUT2D eigenvalue weighted by molar-refractivity contribution is 0.102. The van der Waals surface area contributed by atoms with E-state index in [0.717, 1.165) is 17.1 Å².